The van der Waals surface area contributed by atoms with Crippen LogP contribution in [0.15, 0.2) is 29.2 Å². The third-order valence-corrected chi connectivity index (χ3v) is 3.63. The molecule has 4 nitrogen and oxygen atoms in total. The maximum atomic E-state index is 11.3. The van der Waals surface area contributed by atoms with Crippen molar-refractivity contribution in [2.75, 3.05) is 5.32 Å². The number of primary sulfonamides is 1. The van der Waals surface area contributed by atoms with E-state index in [1.807, 2.05) is 0 Å². The Morgan fingerprint density at radius 2 is 1.93 bits per heavy atom. The molecule has 0 radical (unpaired) electrons. The van der Waals surface area contributed by atoms with Gasteiger partial charge < -0.3 is 5.32 Å². The van der Waals surface area contributed by atoms with Crippen molar-refractivity contribution < 1.29 is 8.42 Å². The Labute approximate surface area is 89.5 Å². The molecular formula is C10H14N2O2S. The smallest absolute Gasteiger partial charge is 0.240 e. The highest BCUT2D eigenvalue weighted by atomic mass is 32.2. The summed E-state index contributed by atoms with van der Waals surface area (Å²) in [6.45, 7) is 0. The Morgan fingerprint density at radius 3 is 2.47 bits per heavy atom. The topological polar surface area (TPSA) is 72.2 Å². The SMILES string of the molecule is NS(=O)(=O)c1ccccc1NC1CCC1. The quantitative estimate of drug-likeness (QED) is 0.816. The highest BCUT2D eigenvalue weighted by Gasteiger charge is 2.20. The number of hydrogen-bond donors (Lipinski definition) is 2. The highest BCUT2D eigenvalue weighted by Crippen LogP contribution is 2.26. The third-order valence-electron chi connectivity index (χ3n) is 2.66. The van der Waals surface area contributed by atoms with Gasteiger partial charge in [0.15, 0.2) is 0 Å². The van der Waals surface area contributed by atoms with Gasteiger partial charge >= 0.3 is 0 Å². The van der Waals surface area contributed by atoms with E-state index in [2.05, 4.69) is 5.32 Å². The standard InChI is InChI=1S/C10H14N2O2S/c11-15(13,14)10-7-2-1-6-9(10)12-8-4-3-5-8/h1-2,6-8,12H,3-5H2,(H2,11,13,14). The van der Waals surface area contributed by atoms with Crippen LogP contribution in [0.2, 0.25) is 0 Å². The molecule has 1 aromatic rings. The van der Waals surface area contributed by atoms with Crippen molar-refractivity contribution in [3.8, 4) is 0 Å². The predicted octanol–water partition coefficient (Wildman–Crippen LogP) is 1.30. The molecule has 1 fully saturated rings. The van der Waals surface area contributed by atoms with E-state index in [0.717, 1.165) is 12.8 Å². The first kappa shape index (κ1) is 10.4. The average molecular weight is 226 g/mol. The average Bonchev–Trinajstić information content (AvgIpc) is 2.10. The van der Waals surface area contributed by atoms with Gasteiger partial charge in [-0.05, 0) is 31.4 Å². The summed E-state index contributed by atoms with van der Waals surface area (Å²) in [5, 5.41) is 8.32. The van der Waals surface area contributed by atoms with Gasteiger partial charge in [0.05, 0.1) is 5.69 Å². The highest BCUT2D eigenvalue weighted by molar-refractivity contribution is 7.89. The maximum absolute atomic E-state index is 11.3. The van der Waals surface area contributed by atoms with Crippen LogP contribution in [0.1, 0.15) is 19.3 Å². The van der Waals surface area contributed by atoms with Gasteiger partial charge in [0.1, 0.15) is 4.90 Å². The Hall–Kier alpha value is -1.07. The van der Waals surface area contributed by atoms with Crippen LogP contribution in [0.3, 0.4) is 0 Å². The van der Waals surface area contributed by atoms with Gasteiger partial charge in [-0.25, -0.2) is 13.6 Å². The summed E-state index contributed by atoms with van der Waals surface area (Å²) < 4.78 is 22.6. The molecule has 1 aliphatic rings. The number of sulfonamides is 1. The van der Waals surface area contributed by atoms with E-state index in [9.17, 15) is 8.42 Å². The predicted molar refractivity (Wildman–Crippen MR) is 59.1 cm³/mol. The molecule has 0 aliphatic heterocycles. The fraction of sp³-hybridized carbons (Fsp3) is 0.400. The number of anilines is 1. The number of nitrogens with two attached hydrogens (primary N) is 1. The van der Waals surface area contributed by atoms with Crippen LogP contribution in [0.5, 0.6) is 0 Å². The lowest BCUT2D eigenvalue weighted by Crippen LogP contribution is -2.28. The second-order valence-corrected chi connectivity index (χ2v) is 5.34. The molecule has 0 bridgehead atoms. The first-order chi connectivity index (χ1) is 7.07. The Kier molecular flexibility index (Phi) is 2.67. The zero-order valence-corrected chi connectivity index (χ0v) is 9.13. The van der Waals surface area contributed by atoms with Crippen molar-refractivity contribution in [3.05, 3.63) is 24.3 Å². The molecule has 0 saturated heterocycles. The van der Waals surface area contributed by atoms with E-state index < -0.39 is 10.0 Å². The van der Waals surface area contributed by atoms with E-state index in [4.69, 9.17) is 5.14 Å². The molecule has 0 amide bonds. The molecule has 1 aromatic carbocycles. The number of nitrogens with one attached hydrogen (secondary N) is 1. The molecular weight excluding hydrogens is 212 g/mol. The lowest BCUT2D eigenvalue weighted by atomic mass is 9.93. The number of hydrogen-bond acceptors (Lipinski definition) is 3. The lowest BCUT2D eigenvalue weighted by Gasteiger charge is -2.28. The van der Waals surface area contributed by atoms with Crippen molar-refractivity contribution in [1.29, 1.82) is 0 Å². The van der Waals surface area contributed by atoms with Crippen molar-refractivity contribution in [2.24, 2.45) is 5.14 Å². The monoisotopic (exact) mass is 226 g/mol. The van der Waals surface area contributed by atoms with Crippen LogP contribution in [-0.2, 0) is 10.0 Å². The van der Waals surface area contributed by atoms with Crippen LogP contribution in [0.4, 0.5) is 5.69 Å². The van der Waals surface area contributed by atoms with Gasteiger partial charge in [0.2, 0.25) is 10.0 Å². The molecule has 0 heterocycles. The summed E-state index contributed by atoms with van der Waals surface area (Å²) in [6, 6.07) is 7.14. The van der Waals surface area contributed by atoms with Crippen molar-refractivity contribution in [3.63, 3.8) is 0 Å². The first-order valence-electron chi connectivity index (χ1n) is 4.96. The molecule has 0 atom stereocenters. The second-order valence-electron chi connectivity index (χ2n) is 3.81. The van der Waals surface area contributed by atoms with E-state index in [0.29, 0.717) is 11.7 Å². The van der Waals surface area contributed by atoms with Gasteiger partial charge in [0, 0.05) is 6.04 Å². The summed E-state index contributed by atoms with van der Waals surface area (Å²) in [7, 11) is -3.63. The van der Waals surface area contributed by atoms with E-state index >= 15 is 0 Å². The number of para-hydroxylation sites is 1. The number of benzene rings is 1. The lowest BCUT2D eigenvalue weighted by molar-refractivity contribution is 0.445. The van der Waals surface area contributed by atoms with Gasteiger partial charge in [0.25, 0.3) is 0 Å². The molecule has 1 aliphatic carbocycles. The zero-order chi connectivity index (χ0) is 10.9. The number of rotatable bonds is 3. The van der Waals surface area contributed by atoms with Crippen LogP contribution in [0.25, 0.3) is 0 Å². The molecule has 2 rings (SSSR count). The van der Waals surface area contributed by atoms with Crippen molar-refractivity contribution in [2.45, 2.75) is 30.2 Å². The third kappa shape index (κ3) is 2.30. The van der Waals surface area contributed by atoms with Gasteiger partial charge in [-0.2, -0.15) is 0 Å². The van der Waals surface area contributed by atoms with E-state index in [1.54, 1.807) is 18.2 Å². The summed E-state index contributed by atoms with van der Waals surface area (Å²) in [6.07, 6.45) is 3.40. The molecule has 5 heteroatoms. The Morgan fingerprint density at radius 1 is 1.27 bits per heavy atom. The van der Waals surface area contributed by atoms with Crippen LogP contribution < -0.4 is 10.5 Å². The molecule has 0 unspecified atom stereocenters. The van der Waals surface area contributed by atoms with Crippen LogP contribution in [0, 0.1) is 0 Å². The molecule has 15 heavy (non-hydrogen) atoms. The summed E-state index contributed by atoms with van der Waals surface area (Å²) >= 11 is 0. The fourth-order valence-corrected chi connectivity index (χ4v) is 2.31. The summed E-state index contributed by atoms with van der Waals surface area (Å²) in [4.78, 5) is 0.178. The largest absolute Gasteiger partial charge is 0.381 e. The second kappa shape index (κ2) is 3.83. The normalized spacial score (nSPS) is 17.1. The first-order valence-corrected chi connectivity index (χ1v) is 6.50. The van der Waals surface area contributed by atoms with Gasteiger partial charge in [-0.15, -0.1) is 0 Å². The fourth-order valence-electron chi connectivity index (χ4n) is 1.61. The van der Waals surface area contributed by atoms with Crippen LogP contribution in [-0.4, -0.2) is 14.5 Å². The van der Waals surface area contributed by atoms with Crippen molar-refractivity contribution in [1.82, 2.24) is 0 Å². The van der Waals surface area contributed by atoms with E-state index in [1.165, 1.54) is 12.5 Å². The minimum atomic E-state index is -3.63. The van der Waals surface area contributed by atoms with E-state index in [-0.39, 0.29) is 4.90 Å². The van der Waals surface area contributed by atoms with Crippen molar-refractivity contribution >= 4 is 15.7 Å². The Balaban J connectivity index is 2.29. The minimum absolute atomic E-state index is 0.178. The summed E-state index contributed by atoms with van der Waals surface area (Å²) in [5.74, 6) is 0. The molecule has 3 N–H and O–H groups in total. The molecule has 1 saturated carbocycles. The zero-order valence-electron chi connectivity index (χ0n) is 8.31. The minimum Gasteiger partial charge on any atom is -0.381 e. The molecule has 0 aromatic heterocycles. The van der Waals surface area contributed by atoms with Gasteiger partial charge in [-0.1, -0.05) is 12.1 Å². The molecule has 0 spiro atoms. The molecule has 82 valence electrons. The maximum Gasteiger partial charge on any atom is 0.240 e. The van der Waals surface area contributed by atoms with Crippen LogP contribution >= 0.6 is 0 Å². The van der Waals surface area contributed by atoms with Gasteiger partial charge in [-0.3, -0.25) is 0 Å². The Bertz CT molecular complexity index is 452. The summed E-state index contributed by atoms with van der Waals surface area (Å²) in [5.41, 5.74) is 0.615.